The van der Waals surface area contributed by atoms with Crippen molar-refractivity contribution in [3.8, 4) is 0 Å². The molecular formula is C15H19BrClN. The number of anilines is 1. The largest absolute Gasteiger partial charge is 0.371 e. The predicted octanol–water partition coefficient (Wildman–Crippen LogP) is 4.86. The Kier molecular flexibility index (Phi) is 3.86. The van der Waals surface area contributed by atoms with E-state index in [1.54, 1.807) is 0 Å². The maximum absolute atomic E-state index is 6.32. The van der Waals surface area contributed by atoms with Gasteiger partial charge < -0.3 is 4.90 Å². The van der Waals surface area contributed by atoms with Gasteiger partial charge >= 0.3 is 0 Å². The smallest absolute Gasteiger partial charge is 0.0467 e. The van der Waals surface area contributed by atoms with E-state index in [0.717, 1.165) is 22.2 Å². The van der Waals surface area contributed by atoms with E-state index >= 15 is 0 Å². The molecule has 0 amide bonds. The van der Waals surface area contributed by atoms with Crippen molar-refractivity contribution in [1.82, 2.24) is 0 Å². The molecule has 18 heavy (non-hydrogen) atoms. The van der Waals surface area contributed by atoms with Gasteiger partial charge in [-0.2, -0.15) is 0 Å². The Morgan fingerprint density at radius 3 is 2.17 bits per heavy atom. The molecule has 0 spiro atoms. The highest BCUT2D eigenvalue weighted by atomic mass is 79.9. The molecule has 0 unspecified atom stereocenters. The van der Waals surface area contributed by atoms with Crippen molar-refractivity contribution in [3.05, 3.63) is 28.8 Å². The SMILES string of the molecule is Clc1cc(N(CC2CC2)CC2CC2)ccc1CBr. The van der Waals surface area contributed by atoms with Gasteiger partial charge in [0.15, 0.2) is 0 Å². The van der Waals surface area contributed by atoms with Crippen molar-refractivity contribution in [2.24, 2.45) is 11.8 Å². The molecule has 2 fully saturated rings. The van der Waals surface area contributed by atoms with E-state index < -0.39 is 0 Å². The van der Waals surface area contributed by atoms with E-state index in [-0.39, 0.29) is 0 Å². The molecule has 0 bridgehead atoms. The molecular weight excluding hydrogens is 310 g/mol. The van der Waals surface area contributed by atoms with Crippen LogP contribution in [0.1, 0.15) is 31.2 Å². The van der Waals surface area contributed by atoms with Crippen LogP contribution >= 0.6 is 27.5 Å². The van der Waals surface area contributed by atoms with Crippen LogP contribution in [0.5, 0.6) is 0 Å². The second-order valence-electron chi connectivity index (χ2n) is 5.70. The fourth-order valence-electron chi connectivity index (χ4n) is 2.35. The topological polar surface area (TPSA) is 3.24 Å². The molecule has 2 aliphatic carbocycles. The zero-order chi connectivity index (χ0) is 12.5. The zero-order valence-corrected chi connectivity index (χ0v) is 12.9. The number of rotatable bonds is 6. The third-order valence-electron chi connectivity index (χ3n) is 3.90. The summed E-state index contributed by atoms with van der Waals surface area (Å²) in [7, 11) is 0. The molecule has 0 atom stereocenters. The van der Waals surface area contributed by atoms with Crippen LogP contribution in [0, 0.1) is 11.8 Å². The fourth-order valence-corrected chi connectivity index (χ4v) is 3.24. The minimum atomic E-state index is 0.831. The summed E-state index contributed by atoms with van der Waals surface area (Å²) >= 11 is 9.79. The van der Waals surface area contributed by atoms with Crippen LogP contribution in [0.15, 0.2) is 18.2 Å². The van der Waals surface area contributed by atoms with Gasteiger partial charge in [-0.05, 0) is 55.2 Å². The Hall–Kier alpha value is -0.210. The van der Waals surface area contributed by atoms with Gasteiger partial charge in [-0.1, -0.05) is 33.6 Å². The quantitative estimate of drug-likeness (QED) is 0.674. The summed E-state index contributed by atoms with van der Waals surface area (Å²) in [5, 5.41) is 1.72. The van der Waals surface area contributed by atoms with E-state index in [2.05, 4.69) is 39.0 Å². The highest BCUT2D eigenvalue weighted by Crippen LogP contribution is 2.36. The van der Waals surface area contributed by atoms with Gasteiger partial charge in [0, 0.05) is 29.1 Å². The molecule has 0 saturated heterocycles. The first-order valence-electron chi connectivity index (χ1n) is 6.85. The first-order chi connectivity index (χ1) is 8.76. The van der Waals surface area contributed by atoms with Crippen LogP contribution in [-0.4, -0.2) is 13.1 Å². The average molecular weight is 329 g/mol. The Labute approximate surface area is 123 Å². The average Bonchev–Trinajstić information content (AvgIpc) is 3.23. The second kappa shape index (κ2) is 5.42. The van der Waals surface area contributed by atoms with Crippen molar-refractivity contribution in [2.75, 3.05) is 18.0 Å². The molecule has 98 valence electrons. The van der Waals surface area contributed by atoms with Crippen LogP contribution in [0.4, 0.5) is 5.69 Å². The number of alkyl halides is 1. The molecule has 1 nitrogen and oxygen atoms in total. The van der Waals surface area contributed by atoms with Crippen molar-refractivity contribution in [1.29, 1.82) is 0 Å². The van der Waals surface area contributed by atoms with Gasteiger partial charge in [0.05, 0.1) is 0 Å². The first-order valence-corrected chi connectivity index (χ1v) is 8.35. The predicted molar refractivity (Wildman–Crippen MR) is 81.7 cm³/mol. The van der Waals surface area contributed by atoms with E-state index in [1.165, 1.54) is 50.0 Å². The van der Waals surface area contributed by atoms with Crippen LogP contribution < -0.4 is 4.90 Å². The van der Waals surface area contributed by atoms with Gasteiger partial charge in [0.2, 0.25) is 0 Å². The Morgan fingerprint density at radius 1 is 1.11 bits per heavy atom. The number of hydrogen-bond donors (Lipinski definition) is 0. The lowest BCUT2D eigenvalue weighted by Crippen LogP contribution is -2.28. The van der Waals surface area contributed by atoms with E-state index in [0.29, 0.717) is 0 Å². The third-order valence-corrected chi connectivity index (χ3v) is 4.85. The van der Waals surface area contributed by atoms with Gasteiger partial charge in [0.1, 0.15) is 0 Å². The zero-order valence-electron chi connectivity index (χ0n) is 10.5. The monoisotopic (exact) mass is 327 g/mol. The summed E-state index contributed by atoms with van der Waals surface area (Å²) in [5.41, 5.74) is 2.49. The number of benzene rings is 1. The summed E-state index contributed by atoms with van der Waals surface area (Å²) in [4.78, 5) is 2.55. The number of hydrogen-bond acceptors (Lipinski definition) is 1. The highest BCUT2D eigenvalue weighted by Gasteiger charge is 2.29. The third kappa shape index (κ3) is 3.21. The minimum absolute atomic E-state index is 0.831. The van der Waals surface area contributed by atoms with Crippen LogP contribution in [0.25, 0.3) is 0 Å². The highest BCUT2D eigenvalue weighted by molar-refractivity contribution is 9.08. The Balaban J connectivity index is 1.76. The van der Waals surface area contributed by atoms with Gasteiger partial charge in [-0.3, -0.25) is 0 Å². The van der Waals surface area contributed by atoms with Gasteiger partial charge in [-0.25, -0.2) is 0 Å². The lowest BCUT2D eigenvalue weighted by atomic mass is 10.2. The van der Waals surface area contributed by atoms with Gasteiger partial charge in [-0.15, -0.1) is 0 Å². The van der Waals surface area contributed by atoms with Crippen LogP contribution in [-0.2, 0) is 5.33 Å². The van der Waals surface area contributed by atoms with Crippen molar-refractivity contribution in [3.63, 3.8) is 0 Å². The maximum atomic E-state index is 6.32. The Morgan fingerprint density at radius 2 is 1.72 bits per heavy atom. The van der Waals surface area contributed by atoms with E-state index in [1.807, 2.05) is 0 Å². The van der Waals surface area contributed by atoms with Gasteiger partial charge in [0.25, 0.3) is 0 Å². The second-order valence-corrected chi connectivity index (χ2v) is 6.67. The lowest BCUT2D eigenvalue weighted by molar-refractivity contribution is 0.679. The summed E-state index contributed by atoms with van der Waals surface area (Å²) in [5.74, 6) is 1.86. The first kappa shape index (κ1) is 12.8. The van der Waals surface area contributed by atoms with E-state index in [9.17, 15) is 0 Å². The molecule has 2 saturated carbocycles. The number of halogens is 2. The maximum Gasteiger partial charge on any atom is 0.0467 e. The standard InChI is InChI=1S/C15H19BrClN/c16-8-13-5-6-14(7-15(13)17)18(9-11-1-2-11)10-12-3-4-12/h5-7,11-12H,1-4,8-10H2. The molecule has 1 aromatic carbocycles. The molecule has 0 heterocycles. The molecule has 0 N–H and O–H groups in total. The van der Waals surface area contributed by atoms with Crippen molar-refractivity contribution < 1.29 is 0 Å². The van der Waals surface area contributed by atoms with Crippen molar-refractivity contribution in [2.45, 2.75) is 31.0 Å². The molecule has 0 aliphatic heterocycles. The fraction of sp³-hybridized carbons (Fsp3) is 0.600. The Bertz CT molecular complexity index is 413. The molecule has 1 aromatic rings. The minimum Gasteiger partial charge on any atom is -0.371 e. The normalized spacial score (nSPS) is 19.0. The lowest BCUT2D eigenvalue weighted by Gasteiger charge is -2.25. The molecule has 2 aliphatic rings. The van der Waals surface area contributed by atoms with Crippen molar-refractivity contribution >= 4 is 33.2 Å². The molecule has 3 rings (SSSR count). The summed E-state index contributed by atoms with van der Waals surface area (Å²) in [6, 6.07) is 6.52. The molecule has 0 radical (unpaired) electrons. The molecule has 3 heteroatoms. The summed E-state index contributed by atoms with van der Waals surface area (Å²) < 4.78 is 0. The summed E-state index contributed by atoms with van der Waals surface area (Å²) in [6.07, 6.45) is 5.64. The summed E-state index contributed by atoms with van der Waals surface area (Å²) in [6.45, 7) is 2.45. The van der Waals surface area contributed by atoms with Crippen LogP contribution in [0.2, 0.25) is 5.02 Å². The molecule has 0 aromatic heterocycles. The van der Waals surface area contributed by atoms with E-state index in [4.69, 9.17) is 11.6 Å². The van der Waals surface area contributed by atoms with Crippen LogP contribution in [0.3, 0.4) is 0 Å². The number of nitrogens with zero attached hydrogens (tertiary/aromatic N) is 1.